The van der Waals surface area contributed by atoms with E-state index in [1.54, 1.807) is 4.90 Å². The summed E-state index contributed by atoms with van der Waals surface area (Å²) in [5, 5.41) is 14.1. The van der Waals surface area contributed by atoms with E-state index < -0.39 is 0 Å². The first-order valence-electron chi connectivity index (χ1n) is 10.7. The topological polar surface area (TPSA) is 101 Å². The summed E-state index contributed by atoms with van der Waals surface area (Å²) in [5.74, 6) is 1.92. The highest BCUT2D eigenvalue weighted by atomic mass is 35.5. The van der Waals surface area contributed by atoms with Gasteiger partial charge < -0.3 is 19.9 Å². The van der Waals surface area contributed by atoms with Gasteiger partial charge in [-0.3, -0.25) is 5.41 Å². The number of halogens is 1. The Morgan fingerprint density at radius 3 is 2.67 bits per heavy atom. The van der Waals surface area contributed by atoms with Crippen LogP contribution < -0.4 is 10.5 Å². The van der Waals surface area contributed by atoms with E-state index in [4.69, 9.17) is 20.4 Å². The average molecular weight is 464 g/mol. The van der Waals surface area contributed by atoms with E-state index >= 15 is 0 Å². The van der Waals surface area contributed by atoms with Crippen molar-refractivity contribution in [1.29, 1.82) is 5.41 Å². The van der Waals surface area contributed by atoms with Gasteiger partial charge in [-0.2, -0.15) is 4.98 Å². The molecule has 0 amide bonds. The van der Waals surface area contributed by atoms with Crippen LogP contribution in [0.25, 0.3) is 22.2 Å². The highest BCUT2D eigenvalue weighted by Gasteiger charge is 2.31. The van der Waals surface area contributed by atoms with Gasteiger partial charge >= 0.3 is 0 Å². The molecule has 8 heteroatoms. The van der Waals surface area contributed by atoms with Crippen molar-refractivity contribution in [3.63, 3.8) is 0 Å². The lowest BCUT2D eigenvalue weighted by Gasteiger charge is -2.21. The summed E-state index contributed by atoms with van der Waals surface area (Å²) in [4.78, 5) is 6.39. The summed E-state index contributed by atoms with van der Waals surface area (Å²) in [5.41, 5.74) is 8.95. The van der Waals surface area contributed by atoms with Crippen molar-refractivity contribution in [1.82, 2.24) is 15.0 Å². The number of guanidine groups is 1. The Bertz CT molecular complexity index is 1270. The number of fused-ring (bicyclic) bond motifs is 1. The van der Waals surface area contributed by atoms with E-state index in [9.17, 15) is 0 Å². The lowest BCUT2D eigenvalue weighted by atomic mass is 10.1. The maximum atomic E-state index is 7.74. The molecule has 2 heterocycles. The number of likely N-dealkylation sites (tertiary alicyclic amines) is 1. The predicted molar refractivity (Wildman–Crippen MR) is 131 cm³/mol. The zero-order valence-corrected chi connectivity index (χ0v) is 19.1. The zero-order chi connectivity index (χ0) is 22.1. The molecular weight excluding hydrogens is 438 g/mol. The van der Waals surface area contributed by atoms with Gasteiger partial charge in [0.05, 0.1) is 0 Å². The SMILES string of the molecule is Cc1ccc(COc2ccc3cc(-c4noc([C@@H]5CCCN5C(=N)N)n4)ccc3c2)cc1.Cl. The van der Waals surface area contributed by atoms with Crippen molar-refractivity contribution in [2.75, 3.05) is 6.54 Å². The molecule has 1 aliphatic heterocycles. The van der Waals surface area contributed by atoms with Crippen LogP contribution >= 0.6 is 12.4 Å². The third-order valence-corrected chi connectivity index (χ3v) is 5.89. The summed E-state index contributed by atoms with van der Waals surface area (Å²) in [6.07, 6.45) is 1.80. The second-order valence-electron chi connectivity index (χ2n) is 8.19. The fourth-order valence-corrected chi connectivity index (χ4v) is 4.10. The van der Waals surface area contributed by atoms with Gasteiger partial charge in [0.25, 0.3) is 0 Å². The predicted octanol–water partition coefficient (Wildman–Crippen LogP) is 5.23. The van der Waals surface area contributed by atoms with Gasteiger partial charge in [0.15, 0.2) is 5.96 Å². The number of aryl methyl sites for hydroxylation is 1. The monoisotopic (exact) mass is 463 g/mol. The number of aromatic nitrogens is 2. The average Bonchev–Trinajstić information content (AvgIpc) is 3.48. The first kappa shape index (κ1) is 22.6. The Morgan fingerprint density at radius 2 is 1.88 bits per heavy atom. The van der Waals surface area contributed by atoms with Crippen LogP contribution in [-0.4, -0.2) is 27.5 Å². The van der Waals surface area contributed by atoms with Crippen LogP contribution in [0.2, 0.25) is 0 Å². The van der Waals surface area contributed by atoms with Gasteiger partial charge in [0.1, 0.15) is 18.4 Å². The molecule has 1 atom stereocenters. The van der Waals surface area contributed by atoms with Gasteiger partial charge in [0, 0.05) is 12.1 Å². The number of ether oxygens (including phenoxy) is 1. The van der Waals surface area contributed by atoms with Gasteiger partial charge in [-0.25, -0.2) is 0 Å². The van der Waals surface area contributed by atoms with E-state index in [0.717, 1.165) is 47.0 Å². The molecule has 0 spiro atoms. The highest BCUT2D eigenvalue weighted by Crippen LogP contribution is 2.32. The number of hydrogen-bond acceptors (Lipinski definition) is 5. The maximum Gasteiger partial charge on any atom is 0.249 e. The first-order chi connectivity index (χ1) is 15.6. The molecule has 1 saturated heterocycles. The Labute approximate surface area is 198 Å². The minimum atomic E-state index is -0.123. The molecule has 1 aliphatic rings. The maximum absolute atomic E-state index is 7.74. The fourth-order valence-electron chi connectivity index (χ4n) is 4.10. The van der Waals surface area contributed by atoms with Crippen LogP contribution in [0.15, 0.2) is 65.2 Å². The van der Waals surface area contributed by atoms with E-state index in [-0.39, 0.29) is 24.4 Å². The van der Waals surface area contributed by atoms with Crippen molar-refractivity contribution in [2.24, 2.45) is 5.73 Å². The number of rotatable bonds is 5. The molecule has 0 bridgehead atoms. The standard InChI is InChI=1S/C25H25N5O2.ClH/c1-16-4-6-17(7-5-16)15-31-21-11-10-18-13-20(9-8-19(18)14-21)23-28-24(32-29-23)22-3-2-12-30(22)25(26)27;/h4-11,13-14,22H,2-3,12,15H2,1H3,(H3,26,27);1H/t22-;/m0./s1. The molecule has 3 N–H and O–H groups in total. The number of hydrogen-bond donors (Lipinski definition) is 2. The van der Waals surface area contributed by atoms with Gasteiger partial charge in [-0.15, -0.1) is 12.4 Å². The van der Waals surface area contributed by atoms with E-state index in [1.807, 2.05) is 36.4 Å². The molecule has 1 aromatic heterocycles. The summed E-state index contributed by atoms with van der Waals surface area (Å²) < 4.78 is 11.5. The Hall–Kier alpha value is -3.58. The third-order valence-electron chi connectivity index (χ3n) is 5.89. The van der Waals surface area contributed by atoms with Crippen LogP contribution in [0, 0.1) is 12.3 Å². The lowest BCUT2D eigenvalue weighted by Crippen LogP contribution is -2.35. The summed E-state index contributed by atoms with van der Waals surface area (Å²) in [7, 11) is 0. The smallest absolute Gasteiger partial charge is 0.249 e. The quantitative estimate of drug-likeness (QED) is 0.310. The van der Waals surface area contributed by atoms with Crippen LogP contribution in [0.3, 0.4) is 0 Å². The number of nitrogens with zero attached hydrogens (tertiary/aromatic N) is 3. The van der Waals surface area contributed by atoms with Crippen LogP contribution in [0.5, 0.6) is 5.75 Å². The van der Waals surface area contributed by atoms with Crippen LogP contribution in [-0.2, 0) is 6.61 Å². The second-order valence-corrected chi connectivity index (χ2v) is 8.19. The van der Waals surface area contributed by atoms with Crippen molar-refractivity contribution in [3.05, 3.63) is 77.7 Å². The van der Waals surface area contributed by atoms with Crippen LogP contribution in [0.4, 0.5) is 0 Å². The second kappa shape index (κ2) is 9.50. The molecule has 1 fully saturated rings. The molecule has 33 heavy (non-hydrogen) atoms. The Morgan fingerprint density at radius 1 is 1.12 bits per heavy atom. The zero-order valence-electron chi connectivity index (χ0n) is 18.3. The highest BCUT2D eigenvalue weighted by molar-refractivity contribution is 5.87. The van der Waals surface area contributed by atoms with E-state index in [1.165, 1.54) is 5.56 Å². The van der Waals surface area contributed by atoms with Crippen LogP contribution in [0.1, 0.15) is 35.9 Å². The van der Waals surface area contributed by atoms with E-state index in [0.29, 0.717) is 18.3 Å². The van der Waals surface area contributed by atoms with Crippen molar-refractivity contribution >= 4 is 29.1 Å². The minimum Gasteiger partial charge on any atom is -0.489 e. The van der Waals surface area contributed by atoms with Gasteiger partial charge in [-0.05, 0) is 54.3 Å². The number of benzene rings is 3. The molecule has 3 aromatic carbocycles. The molecule has 5 rings (SSSR count). The Kier molecular flexibility index (Phi) is 6.51. The lowest BCUT2D eigenvalue weighted by molar-refractivity contribution is 0.283. The van der Waals surface area contributed by atoms with Crippen molar-refractivity contribution in [2.45, 2.75) is 32.4 Å². The molecule has 4 aromatic rings. The largest absolute Gasteiger partial charge is 0.489 e. The molecule has 0 unspecified atom stereocenters. The normalized spacial score (nSPS) is 15.4. The first-order valence-corrected chi connectivity index (χ1v) is 10.7. The molecule has 0 radical (unpaired) electrons. The molecule has 7 nitrogen and oxygen atoms in total. The minimum absolute atomic E-state index is 0. The summed E-state index contributed by atoms with van der Waals surface area (Å²) >= 11 is 0. The van der Waals surface area contributed by atoms with Crippen molar-refractivity contribution < 1.29 is 9.26 Å². The number of nitrogens with two attached hydrogens (primary N) is 1. The molecule has 0 aliphatic carbocycles. The molecule has 170 valence electrons. The fraction of sp³-hybridized carbons (Fsp3) is 0.240. The molecule has 0 saturated carbocycles. The number of nitrogens with one attached hydrogen (secondary N) is 1. The molecular formula is C25H26ClN5O2. The Balaban J connectivity index is 0.00000259. The summed E-state index contributed by atoms with van der Waals surface area (Å²) in [6, 6.07) is 20.4. The van der Waals surface area contributed by atoms with Gasteiger partial charge in [0.2, 0.25) is 11.7 Å². The van der Waals surface area contributed by atoms with Crippen molar-refractivity contribution in [3.8, 4) is 17.1 Å². The third kappa shape index (κ3) is 4.78. The van der Waals surface area contributed by atoms with E-state index in [2.05, 4.69) is 41.3 Å². The van der Waals surface area contributed by atoms with Gasteiger partial charge in [-0.1, -0.05) is 53.2 Å². The summed E-state index contributed by atoms with van der Waals surface area (Å²) in [6.45, 7) is 3.35.